The second kappa shape index (κ2) is 6.39. The van der Waals surface area contributed by atoms with E-state index >= 15 is 0 Å². The summed E-state index contributed by atoms with van der Waals surface area (Å²) in [5.74, 6) is 0. The molecule has 0 N–H and O–H groups in total. The van der Waals surface area contributed by atoms with Crippen LogP contribution in [0, 0.1) is 0 Å². The fourth-order valence-electron chi connectivity index (χ4n) is 4.03. The Hall–Kier alpha value is -1.38. The number of benzene rings is 2. The van der Waals surface area contributed by atoms with Crippen LogP contribution in [0.25, 0.3) is 10.8 Å². The van der Waals surface area contributed by atoms with Crippen molar-refractivity contribution in [1.29, 1.82) is 0 Å². The van der Waals surface area contributed by atoms with Crippen LogP contribution in [-0.2, 0) is 24.5 Å². The number of ether oxygens (including phenoxy) is 1. The quantitative estimate of drug-likeness (QED) is 0.706. The van der Waals surface area contributed by atoms with Gasteiger partial charge in [-0.15, -0.1) is 0 Å². The Balaban J connectivity index is 2.03. The van der Waals surface area contributed by atoms with E-state index < -0.39 is 0 Å². The molecule has 0 unspecified atom stereocenters. The minimum Gasteiger partial charge on any atom is -0.372 e. The summed E-state index contributed by atoms with van der Waals surface area (Å²) in [5.41, 5.74) is 4.37. The summed E-state index contributed by atoms with van der Waals surface area (Å²) in [6.07, 6.45) is 2.48. The van der Waals surface area contributed by atoms with Gasteiger partial charge in [0.25, 0.3) is 0 Å². The summed E-state index contributed by atoms with van der Waals surface area (Å²) in [4.78, 5) is 0. The van der Waals surface area contributed by atoms with Gasteiger partial charge in [-0.25, -0.2) is 0 Å². The number of rotatable bonds is 6. The van der Waals surface area contributed by atoms with Crippen molar-refractivity contribution in [3.63, 3.8) is 0 Å². The molecule has 2 aromatic carbocycles. The van der Waals surface area contributed by atoms with Crippen LogP contribution < -0.4 is 0 Å². The number of nitrogens with zero attached hydrogens (tertiary/aromatic N) is 1. The molecule has 118 valence electrons. The lowest BCUT2D eigenvalue weighted by molar-refractivity contribution is -0.922. The maximum absolute atomic E-state index is 5.79. The molecular formula is C20H28NO+. The van der Waals surface area contributed by atoms with Crippen molar-refractivity contribution >= 4 is 10.8 Å². The van der Waals surface area contributed by atoms with Gasteiger partial charge in [-0.2, -0.15) is 0 Å². The smallest absolute Gasteiger partial charge is 0.105 e. The molecular weight excluding hydrogens is 270 g/mol. The Kier molecular flexibility index (Phi) is 4.51. The highest BCUT2D eigenvalue weighted by molar-refractivity contribution is 5.88. The summed E-state index contributed by atoms with van der Waals surface area (Å²) < 4.78 is 6.93. The summed E-state index contributed by atoms with van der Waals surface area (Å²) >= 11 is 0. The molecule has 22 heavy (non-hydrogen) atoms. The zero-order valence-corrected chi connectivity index (χ0v) is 14.2. The molecule has 0 aliphatic carbocycles. The van der Waals surface area contributed by atoms with Gasteiger partial charge in [0.15, 0.2) is 0 Å². The minimum absolute atomic E-state index is 0.773. The fourth-order valence-corrected chi connectivity index (χ4v) is 4.03. The van der Waals surface area contributed by atoms with Crippen LogP contribution in [0.15, 0.2) is 30.3 Å². The third-order valence-corrected chi connectivity index (χ3v) is 4.94. The molecule has 0 atom stereocenters. The van der Waals surface area contributed by atoms with Gasteiger partial charge in [0.1, 0.15) is 6.54 Å². The molecule has 2 nitrogen and oxygen atoms in total. The standard InChI is InChI=1S/C20H28NO/c1-4-10-21(3,11-5-2)13-17-12-16-8-6-7-9-18(16)20-15-22-14-19(17)20/h6-9,12H,4-5,10-11,13-15H2,1-3H3/q+1. The molecule has 0 bridgehead atoms. The van der Waals surface area contributed by atoms with Crippen molar-refractivity contribution in [2.45, 2.75) is 46.4 Å². The van der Waals surface area contributed by atoms with Gasteiger partial charge < -0.3 is 9.22 Å². The highest BCUT2D eigenvalue weighted by Gasteiger charge is 2.25. The van der Waals surface area contributed by atoms with Crippen molar-refractivity contribution in [3.05, 3.63) is 47.0 Å². The normalized spacial score (nSPS) is 14.5. The van der Waals surface area contributed by atoms with E-state index in [0.717, 1.165) is 24.2 Å². The Bertz CT molecular complexity index is 656. The van der Waals surface area contributed by atoms with Crippen LogP contribution in [0.2, 0.25) is 0 Å². The van der Waals surface area contributed by atoms with Crippen LogP contribution in [0.5, 0.6) is 0 Å². The molecule has 2 heteroatoms. The van der Waals surface area contributed by atoms with Crippen molar-refractivity contribution in [3.8, 4) is 0 Å². The lowest BCUT2D eigenvalue weighted by atomic mass is 9.95. The molecule has 0 amide bonds. The molecule has 3 rings (SSSR count). The molecule has 0 spiro atoms. The van der Waals surface area contributed by atoms with E-state index in [1.54, 1.807) is 0 Å². The predicted octanol–water partition coefficient (Wildman–Crippen LogP) is 4.64. The van der Waals surface area contributed by atoms with E-state index in [9.17, 15) is 0 Å². The van der Waals surface area contributed by atoms with Crippen molar-refractivity contribution in [2.75, 3.05) is 20.1 Å². The van der Waals surface area contributed by atoms with Crippen LogP contribution in [-0.4, -0.2) is 24.6 Å². The topological polar surface area (TPSA) is 9.23 Å². The van der Waals surface area contributed by atoms with Crippen molar-refractivity contribution < 1.29 is 9.22 Å². The van der Waals surface area contributed by atoms with E-state index in [0.29, 0.717) is 0 Å². The summed E-state index contributed by atoms with van der Waals surface area (Å²) in [6.45, 7) is 9.76. The van der Waals surface area contributed by atoms with E-state index in [2.05, 4.69) is 51.2 Å². The molecule has 2 aromatic rings. The van der Waals surface area contributed by atoms with Crippen LogP contribution in [0.4, 0.5) is 0 Å². The van der Waals surface area contributed by atoms with Gasteiger partial charge in [0.2, 0.25) is 0 Å². The Labute approximate surface area is 134 Å². The molecule has 0 fully saturated rings. The first kappa shape index (κ1) is 15.5. The van der Waals surface area contributed by atoms with Gasteiger partial charge in [-0.05, 0) is 40.8 Å². The molecule has 1 aliphatic heterocycles. The predicted molar refractivity (Wildman–Crippen MR) is 92.6 cm³/mol. The molecule has 1 aliphatic rings. The van der Waals surface area contributed by atoms with Gasteiger partial charge in [0.05, 0.1) is 33.4 Å². The van der Waals surface area contributed by atoms with Gasteiger partial charge in [0, 0.05) is 5.56 Å². The Morgan fingerprint density at radius 1 is 1.00 bits per heavy atom. The van der Waals surface area contributed by atoms with E-state index in [-0.39, 0.29) is 0 Å². The third kappa shape index (κ3) is 2.90. The Morgan fingerprint density at radius 3 is 2.41 bits per heavy atom. The fraction of sp³-hybridized carbons (Fsp3) is 0.500. The molecule has 0 radical (unpaired) electrons. The van der Waals surface area contributed by atoms with E-state index in [1.165, 1.54) is 53.4 Å². The SMILES string of the molecule is CCC[N+](C)(CCC)Cc1cc2ccccc2c2c1COC2. The number of hydrogen-bond donors (Lipinski definition) is 0. The lowest BCUT2D eigenvalue weighted by Gasteiger charge is -2.35. The number of hydrogen-bond acceptors (Lipinski definition) is 1. The lowest BCUT2D eigenvalue weighted by Crippen LogP contribution is -2.44. The highest BCUT2D eigenvalue weighted by atomic mass is 16.5. The average molecular weight is 298 g/mol. The maximum atomic E-state index is 5.79. The van der Waals surface area contributed by atoms with E-state index in [1.807, 2.05) is 0 Å². The first-order valence-corrected chi connectivity index (χ1v) is 8.60. The largest absolute Gasteiger partial charge is 0.372 e. The zero-order chi connectivity index (χ0) is 15.6. The number of quaternary nitrogens is 1. The van der Waals surface area contributed by atoms with E-state index in [4.69, 9.17) is 4.74 Å². The molecule has 1 heterocycles. The van der Waals surface area contributed by atoms with Crippen molar-refractivity contribution in [1.82, 2.24) is 0 Å². The second-order valence-electron chi connectivity index (χ2n) is 6.93. The van der Waals surface area contributed by atoms with Crippen LogP contribution in [0.1, 0.15) is 43.4 Å². The monoisotopic (exact) mass is 298 g/mol. The molecule has 0 aromatic heterocycles. The summed E-state index contributed by atoms with van der Waals surface area (Å²) in [6, 6.07) is 11.2. The second-order valence-corrected chi connectivity index (χ2v) is 6.93. The Morgan fingerprint density at radius 2 is 1.68 bits per heavy atom. The van der Waals surface area contributed by atoms with Crippen molar-refractivity contribution in [2.24, 2.45) is 0 Å². The molecule has 0 saturated carbocycles. The van der Waals surface area contributed by atoms with Gasteiger partial charge >= 0.3 is 0 Å². The third-order valence-electron chi connectivity index (χ3n) is 4.94. The zero-order valence-electron chi connectivity index (χ0n) is 14.2. The van der Waals surface area contributed by atoms with Gasteiger partial charge in [-0.1, -0.05) is 38.1 Å². The van der Waals surface area contributed by atoms with Crippen LogP contribution >= 0.6 is 0 Å². The minimum atomic E-state index is 0.773. The van der Waals surface area contributed by atoms with Crippen LogP contribution in [0.3, 0.4) is 0 Å². The molecule has 0 saturated heterocycles. The summed E-state index contributed by atoms with van der Waals surface area (Å²) in [7, 11) is 2.41. The average Bonchev–Trinajstić information content (AvgIpc) is 2.98. The summed E-state index contributed by atoms with van der Waals surface area (Å²) in [5, 5.41) is 2.74. The first-order valence-electron chi connectivity index (χ1n) is 8.60. The maximum Gasteiger partial charge on any atom is 0.105 e. The first-order chi connectivity index (χ1) is 10.7. The van der Waals surface area contributed by atoms with Gasteiger partial charge in [-0.3, -0.25) is 0 Å². The highest BCUT2D eigenvalue weighted by Crippen LogP contribution is 2.33. The number of fused-ring (bicyclic) bond motifs is 3.